The minimum atomic E-state index is -4.26. The second kappa shape index (κ2) is 13.8. The molecule has 0 bridgehead atoms. The molecule has 0 aliphatic rings. The van der Waals surface area contributed by atoms with Crippen molar-refractivity contribution in [1.29, 1.82) is 0 Å². The summed E-state index contributed by atoms with van der Waals surface area (Å²) in [4.78, 5) is 28.7. The van der Waals surface area contributed by atoms with Crippen LogP contribution in [0, 0.1) is 12.7 Å². The molecule has 0 aliphatic heterocycles. The van der Waals surface area contributed by atoms with E-state index in [1.165, 1.54) is 29.2 Å². The van der Waals surface area contributed by atoms with Crippen LogP contribution in [0.25, 0.3) is 0 Å². The van der Waals surface area contributed by atoms with Crippen LogP contribution in [0.3, 0.4) is 0 Å². The van der Waals surface area contributed by atoms with Gasteiger partial charge in [0.2, 0.25) is 11.8 Å². The van der Waals surface area contributed by atoms with Crippen LogP contribution in [0.15, 0.2) is 77.7 Å². The summed E-state index contributed by atoms with van der Waals surface area (Å²) >= 11 is 6.01. The Morgan fingerprint density at radius 3 is 2.20 bits per heavy atom. The van der Waals surface area contributed by atoms with Crippen molar-refractivity contribution < 1.29 is 22.4 Å². The molecule has 0 saturated carbocycles. The number of anilines is 1. The van der Waals surface area contributed by atoms with Gasteiger partial charge in [-0.1, -0.05) is 73.5 Å². The van der Waals surface area contributed by atoms with Crippen molar-refractivity contribution in [1.82, 2.24) is 10.2 Å². The predicted molar refractivity (Wildman–Crippen MR) is 156 cm³/mol. The summed E-state index contributed by atoms with van der Waals surface area (Å²) < 4.78 is 42.5. The van der Waals surface area contributed by atoms with Gasteiger partial charge in [0.1, 0.15) is 18.4 Å². The number of carbonyl (C=O) groups excluding carboxylic acids is 2. The zero-order valence-electron chi connectivity index (χ0n) is 23.1. The average Bonchev–Trinajstić information content (AvgIpc) is 2.94. The van der Waals surface area contributed by atoms with Gasteiger partial charge in [-0.3, -0.25) is 13.9 Å². The first-order valence-electron chi connectivity index (χ1n) is 13.2. The highest BCUT2D eigenvalue weighted by atomic mass is 35.5. The second-order valence-electron chi connectivity index (χ2n) is 9.67. The van der Waals surface area contributed by atoms with E-state index in [1.54, 1.807) is 25.1 Å². The highest BCUT2D eigenvalue weighted by Gasteiger charge is 2.34. The number of amides is 2. The number of hydrogen-bond acceptors (Lipinski definition) is 4. The SMILES string of the molecule is CC[C@@H](C)NC(=O)[C@@H](CC)N(Cc1ccc(C)cc1)C(=O)CN(c1ccc(F)c(Cl)c1)S(=O)(=O)c1ccccc1. The van der Waals surface area contributed by atoms with Crippen molar-refractivity contribution in [3.8, 4) is 0 Å². The molecule has 0 heterocycles. The molecule has 2 atom stereocenters. The zero-order valence-corrected chi connectivity index (χ0v) is 24.7. The molecule has 3 aromatic rings. The molecule has 0 fully saturated rings. The molecule has 3 rings (SSSR count). The number of hydrogen-bond donors (Lipinski definition) is 1. The highest BCUT2D eigenvalue weighted by Crippen LogP contribution is 2.28. The van der Waals surface area contributed by atoms with E-state index in [-0.39, 0.29) is 34.1 Å². The van der Waals surface area contributed by atoms with Gasteiger partial charge in [0.25, 0.3) is 10.0 Å². The summed E-state index contributed by atoms with van der Waals surface area (Å²) in [5.74, 6) is -1.63. The Balaban J connectivity index is 2.06. The Kier molecular flexibility index (Phi) is 10.7. The third-order valence-electron chi connectivity index (χ3n) is 6.66. The van der Waals surface area contributed by atoms with Gasteiger partial charge in [-0.15, -0.1) is 0 Å². The molecule has 214 valence electrons. The molecule has 3 aromatic carbocycles. The number of carbonyl (C=O) groups is 2. The van der Waals surface area contributed by atoms with Crippen LogP contribution in [0.2, 0.25) is 5.02 Å². The fourth-order valence-electron chi connectivity index (χ4n) is 4.14. The van der Waals surface area contributed by atoms with E-state index in [1.807, 2.05) is 45.0 Å². The van der Waals surface area contributed by atoms with Gasteiger partial charge in [-0.05, 0) is 62.6 Å². The molecular weight excluding hydrogens is 553 g/mol. The second-order valence-corrected chi connectivity index (χ2v) is 11.9. The Morgan fingerprint density at radius 2 is 1.62 bits per heavy atom. The number of sulfonamides is 1. The molecule has 2 amide bonds. The molecule has 0 saturated heterocycles. The monoisotopic (exact) mass is 587 g/mol. The predicted octanol–water partition coefficient (Wildman–Crippen LogP) is 5.70. The van der Waals surface area contributed by atoms with Crippen LogP contribution < -0.4 is 9.62 Å². The van der Waals surface area contributed by atoms with Gasteiger partial charge in [-0.25, -0.2) is 12.8 Å². The van der Waals surface area contributed by atoms with E-state index in [0.29, 0.717) is 12.8 Å². The maximum Gasteiger partial charge on any atom is 0.264 e. The van der Waals surface area contributed by atoms with Crippen LogP contribution in [0.4, 0.5) is 10.1 Å². The lowest BCUT2D eigenvalue weighted by Gasteiger charge is -2.33. The number of nitrogens with zero attached hydrogens (tertiary/aromatic N) is 2. The minimum Gasteiger partial charge on any atom is -0.352 e. The normalized spacial score (nSPS) is 12.8. The molecule has 40 heavy (non-hydrogen) atoms. The topological polar surface area (TPSA) is 86.8 Å². The molecule has 0 aromatic heterocycles. The van der Waals surface area contributed by atoms with Crippen molar-refractivity contribution in [2.75, 3.05) is 10.8 Å². The largest absolute Gasteiger partial charge is 0.352 e. The summed E-state index contributed by atoms with van der Waals surface area (Å²) in [6.45, 7) is 7.04. The summed E-state index contributed by atoms with van der Waals surface area (Å²) in [6, 6.07) is 17.7. The van der Waals surface area contributed by atoms with Crippen LogP contribution in [-0.4, -0.2) is 43.8 Å². The average molecular weight is 588 g/mol. The van der Waals surface area contributed by atoms with Gasteiger partial charge in [0.15, 0.2) is 0 Å². The summed E-state index contributed by atoms with van der Waals surface area (Å²) in [7, 11) is -4.26. The van der Waals surface area contributed by atoms with E-state index in [9.17, 15) is 22.4 Å². The van der Waals surface area contributed by atoms with Crippen LogP contribution in [-0.2, 0) is 26.2 Å². The minimum absolute atomic E-state index is 0.0241. The van der Waals surface area contributed by atoms with E-state index < -0.39 is 34.3 Å². The maximum absolute atomic E-state index is 14.0. The lowest BCUT2D eigenvalue weighted by atomic mass is 10.1. The van der Waals surface area contributed by atoms with Gasteiger partial charge >= 0.3 is 0 Å². The number of halogens is 2. The van der Waals surface area contributed by atoms with Crippen molar-refractivity contribution in [3.05, 3.63) is 94.8 Å². The lowest BCUT2D eigenvalue weighted by molar-refractivity contribution is -0.140. The third kappa shape index (κ3) is 7.61. The van der Waals surface area contributed by atoms with Crippen LogP contribution in [0.1, 0.15) is 44.7 Å². The highest BCUT2D eigenvalue weighted by molar-refractivity contribution is 7.92. The van der Waals surface area contributed by atoms with E-state index in [4.69, 9.17) is 11.6 Å². The van der Waals surface area contributed by atoms with Gasteiger partial charge in [-0.2, -0.15) is 0 Å². The summed E-state index contributed by atoms with van der Waals surface area (Å²) in [5, 5.41) is 2.66. The third-order valence-corrected chi connectivity index (χ3v) is 8.74. The van der Waals surface area contributed by atoms with Crippen LogP contribution in [0.5, 0.6) is 0 Å². The van der Waals surface area contributed by atoms with E-state index >= 15 is 0 Å². The first-order chi connectivity index (χ1) is 19.0. The van der Waals surface area contributed by atoms with Gasteiger partial charge in [0.05, 0.1) is 15.6 Å². The Morgan fingerprint density at radius 1 is 0.975 bits per heavy atom. The first kappa shape index (κ1) is 31.1. The molecule has 1 N–H and O–H groups in total. The lowest BCUT2D eigenvalue weighted by Crippen LogP contribution is -2.53. The van der Waals surface area contributed by atoms with Crippen LogP contribution >= 0.6 is 11.6 Å². The summed E-state index contributed by atoms with van der Waals surface area (Å²) in [6.07, 6.45) is 1.02. The Labute approximate surface area is 241 Å². The number of aryl methyl sites for hydroxylation is 1. The first-order valence-corrected chi connectivity index (χ1v) is 15.0. The van der Waals surface area contributed by atoms with Crippen molar-refractivity contribution >= 4 is 39.1 Å². The fourth-order valence-corrected chi connectivity index (χ4v) is 5.74. The number of benzene rings is 3. The fraction of sp³-hybridized carbons (Fsp3) is 0.333. The molecule has 0 aliphatic carbocycles. The smallest absolute Gasteiger partial charge is 0.264 e. The quantitative estimate of drug-likeness (QED) is 0.294. The molecule has 0 unspecified atom stereocenters. The van der Waals surface area contributed by atoms with Crippen molar-refractivity contribution in [3.63, 3.8) is 0 Å². The van der Waals surface area contributed by atoms with Gasteiger partial charge < -0.3 is 10.2 Å². The molecular formula is C30H35ClFN3O4S. The maximum atomic E-state index is 14.0. The summed E-state index contributed by atoms with van der Waals surface area (Å²) in [5.41, 5.74) is 1.85. The van der Waals surface area contributed by atoms with E-state index in [0.717, 1.165) is 21.5 Å². The van der Waals surface area contributed by atoms with Crippen molar-refractivity contribution in [2.24, 2.45) is 0 Å². The molecule has 0 radical (unpaired) electrons. The molecule has 0 spiro atoms. The van der Waals surface area contributed by atoms with Gasteiger partial charge in [0, 0.05) is 12.6 Å². The molecule has 7 nitrogen and oxygen atoms in total. The van der Waals surface area contributed by atoms with E-state index in [2.05, 4.69) is 5.32 Å². The number of rotatable bonds is 12. The zero-order chi connectivity index (χ0) is 29.4. The number of nitrogens with one attached hydrogen (secondary N) is 1. The standard InChI is InChI=1S/C30H35ClFN3O4S/c1-5-22(4)33-30(37)28(6-2)34(19-23-14-12-21(3)13-15-23)29(36)20-35(24-16-17-27(32)26(31)18-24)40(38,39)25-10-8-7-9-11-25/h7-18,22,28H,5-6,19-20H2,1-4H3,(H,33,37)/t22-,28-/m1/s1. The Hall–Kier alpha value is -3.43. The Bertz CT molecular complexity index is 1420. The van der Waals surface area contributed by atoms with Crippen molar-refractivity contribution in [2.45, 2.75) is 64.1 Å². The molecule has 10 heteroatoms.